The molecule has 3 rings (SSSR count). The molecule has 17 heavy (non-hydrogen) atoms. The molecule has 0 amide bonds. The predicted octanol–water partition coefficient (Wildman–Crippen LogP) is 0.436. The molecule has 0 radical (unpaired) electrons. The third-order valence-corrected chi connectivity index (χ3v) is 2.83. The monoisotopic (exact) mass is 230 g/mol. The van der Waals surface area contributed by atoms with Crippen LogP contribution >= 0.6 is 0 Å². The third kappa shape index (κ3) is 2.26. The summed E-state index contributed by atoms with van der Waals surface area (Å²) in [6, 6.07) is 4.45. The van der Waals surface area contributed by atoms with Crippen molar-refractivity contribution >= 4 is 5.69 Å². The molecule has 1 saturated heterocycles. The molecule has 3 heterocycles. The maximum Gasteiger partial charge on any atom is 0.155 e. The highest BCUT2D eigenvalue weighted by Crippen LogP contribution is 2.12. The van der Waals surface area contributed by atoms with Crippen molar-refractivity contribution < 1.29 is 0 Å². The lowest BCUT2D eigenvalue weighted by atomic mass is 10.2. The fourth-order valence-corrected chi connectivity index (χ4v) is 1.95. The zero-order chi connectivity index (χ0) is 11.5. The van der Waals surface area contributed by atoms with Crippen molar-refractivity contribution in [1.82, 2.24) is 25.1 Å². The minimum Gasteiger partial charge on any atom is -0.380 e. The Kier molecular flexibility index (Phi) is 2.71. The largest absolute Gasteiger partial charge is 0.380 e. The van der Waals surface area contributed by atoms with E-state index in [4.69, 9.17) is 0 Å². The zero-order valence-corrected chi connectivity index (χ0v) is 9.37. The van der Waals surface area contributed by atoms with Crippen LogP contribution in [0.5, 0.6) is 0 Å². The molecular weight excluding hydrogens is 216 g/mol. The second-order valence-electron chi connectivity index (χ2n) is 4.08. The number of rotatable bonds is 3. The molecule has 1 fully saturated rings. The fourth-order valence-electron chi connectivity index (χ4n) is 1.95. The summed E-state index contributed by atoms with van der Waals surface area (Å²) in [5.74, 6) is 0.776. The van der Waals surface area contributed by atoms with Crippen molar-refractivity contribution in [3.63, 3.8) is 0 Å². The van der Waals surface area contributed by atoms with E-state index < -0.39 is 0 Å². The van der Waals surface area contributed by atoms with Crippen LogP contribution < -0.4 is 10.6 Å². The van der Waals surface area contributed by atoms with Crippen LogP contribution in [-0.4, -0.2) is 38.9 Å². The van der Waals surface area contributed by atoms with E-state index in [2.05, 4.69) is 25.7 Å². The molecule has 0 aliphatic carbocycles. The fraction of sp³-hybridized carbons (Fsp3) is 0.364. The van der Waals surface area contributed by atoms with Gasteiger partial charge in [0.15, 0.2) is 5.82 Å². The maximum absolute atomic E-state index is 4.34. The highest BCUT2D eigenvalue weighted by Gasteiger charge is 2.13. The summed E-state index contributed by atoms with van der Waals surface area (Å²) in [6.07, 6.45) is 6.12. The van der Waals surface area contributed by atoms with Crippen molar-refractivity contribution in [3.05, 3.63) is 31.0 Å². The molecule has 0 saturated carbocycles. The number of aromatic nitrogens is 4. The third-order valence-electron chi connectivity index (χ3n) is 2.83. The lowest BCUT2D eigenvalue weighted by molar-refractivity contribution is 0.790. The van der Waals surface area contributed by atoms with Gasteiger partial charge in [0.1, 0.15) is 12.7 Å². The van der Waals surface area contributed by atoms with E-state index in [0.717, 1.165) is 31.0 Å². The van der Waals surface area contributed by atoms with E-state index in [1.807, 2.05) is 18.3 Å². The molecule has 1 aliphatic rings. The average Bonchev–Trinajstić information content (AvgIpc) is 3.01. The van der Waals surface area contributed by atoms with Crippen LogP contribution in [0.25, 0.3) is 5.82 Å². The molecule has 6 heteroatoms. The van der Waals surface area contributed by atoms with Crippen LogP contribution in [0.1, 0.15) is 6.42 Å². The standard InChI is InChI=1S/C11H14N6/c1-2-11(17-8-13-7-15-17)14-6-9(1)16-10-3-4-12-5-10/h1-2,6-8,10,12,16H,3-5H2. The molecule has 2 aromatic rings. The topological polar surface area (TPSA) is 67.7 Å². The summed E-state index contributed by atoms with van der Waals surface area (Å²) in [4.78, 5) is 8.23. The number of hydrogen-bond acceptors (Lipinski definition) is 5. The van der Waals surface area contributed by atoms with Gasteiger partial charge in [-0.1, -0.05) is 0 Å². The number of anilines is 1. The Hall–Kier alpha value is -1.95. The van der Waals surface area contributed by atoms with Gasteiger partial charge in [-0.2, -0.15) is 5.10 Å². The van der Waals surface area contributed by atoms with E-state index in [1.54, 1.807) is 11.0 Å². The Balaban J connectivity index is 1.71. The van der Waals surface area contributed by atoms with Crippen LogP contribution in [0.15, 0.2) is 31.0 Å². The Morgan fingerprint density at radius 2 is 2.41 bits per heavy atom. The predicted molar refractivity (Wildman–Crippen MR) is 64.1 cm³/mol. The first-order valence-corrected chi connectivity index (χ1v) is 5.70. The van der Waals surface area contributed by atoms with Gasteiger partial charge in [0.05, 0.1) is 11.9 Å². The van der Waals surface area contributed by atoms with Gasteiger partial charge >= 0.3 is 0 Å². The highest BCUT2D eigenvalue weighted by atomic mass is 15.3. The Labute approximate surface area is 99.1 Å². The van der Waals surface area contributed by atoms with E-state index in [9.17, 15) is 0 Å². The number of nitrogens with one attached hydrogen (secondary N) is 2. The quantitative estimate of drug-likeness (QED) is 0.800. The molecule has 0 spiro atoms. The minimum absolute atomic E-state index is 0.508. The summed E-state index contributed by atoms with van der Waals surface area (Å²) in [6.45, 7) is 2.10. The Morgan fingerprint density at radius 3 is 3.06 bits per heavy atom. The molecule has 1 aliphatic heterocycles. The van der Waals surface area contributed by atoms with Crippen LogP contribution in [0.2, 0.25) is 0 Å². The van der Waals surface area contributed by atoms with Gasteiger partial charge in [-0.05, 0) is 25.1 Å². The van der Waals surface area contributed by atoms with Gasteiger partial charge in [0.25, 0.3) is 0 Å². The summed E-state index contributed by atoms with van der Waals surface area (Å²) >= 11 is 0. The van der Waals surface area contributed by atoms with E-state index in [-0.39, 0.29) is 0 Å². The van der Waals surface area contributed by atoms with Gasteiger partial charge in [-0.15, -0.1) is 0 Å². The van der Waals surface area contributed by atoms with Gasteiger partial charge in [0.2, 0.25) is 0 Å². The van der Waals surface area contributed by atoms with Crippen LogP contribution in [-0.2, 0) is 0 Å². The van der Waals surface area contributed by atoms with Crippen LogP contribution in [0, 0.1) is 0 Å². The molecule has 6 nitrogen and oxygen atoms in total. The van der Waals surface area contributed by atoms with Crippen molar-refractivity contribution in [3.8, 4) is 5.82 Å². The smallest absolute Gasteiger partial charge is 0.155 e. The van der Waals surface area contributed by atoms with Crippen molar-refractivity contribution in [1.29, 1.82) is 0 Å². The van der Waals surface area contributed by atoms with Crippen LogP contribution in [0.4, 0.5) is 5.69 Å². The number of hydrogen-bond donors (Lipinski definition) is 2. The molecular formula is C11H14N6. The molecule has 1 atom stereocenters. The van der Waals surface area contributed by atoms with E-state index in [0.29, 0.717) is 6.04 Å². The second-order valence-corrected chi connectivity index (χ2v) is 4.08. The summed E-state index contributed by atoms with van der Waals surface area (Å²) < 4.78 is 1.64. The SMILES string of the molecule is c1ncn(-c2ccc(NC3CCNC3)cn2)n1. The Bertz CT molecular complexity index is 457. The van der Waals surface area contributed by atoms with Gasteiger partial charge in [-0.3, -0.25) is 0 Å². The summed E-state index contributed by atoms with van der Waals surface area (Å²) in [5.41, 5.74) is 1.04. The average molecular weight is 230 g/mol. The van der Waals surface area contributed by atoms with E-state index in [1.165, 1.54) is 6.33 Å². The van der Waals surface area contributed by atoms with Crippen molar-refractivity contribution in [2.24, 2.45) is 0 Å². The highest BCUT2D eigenvalue weighted by molar-refractivity contribution is 5.44. The van der Waals surface area contributed by atoms with Gasteiger partial charge in [0, 0.05) is 12.6 Å². The van der Waals surface area contributed by atoms with Crippen molar-refractivity contribution in [2.45, 2.75) is 12.5 Å². The second kappa shape index (κ2) is 4.50. The summed E-state index contributed by atoms with van der Waals surface area (Å²) in [5, 5.41) is 10.8. The molecule has 2 N–H and O–H groups in total. The molecule has 1 unspecified atom stereocenters. The van der Waals surface area contributed by atoms with Crippen molar-refractivity contribution in [2.75, 3.05) is 18.4 Å². The first-order chi connectivity index (χ1) is 8.42. The summed E-state index contributed by atoms with van der Waals surface area (Å²) in [7, 11) is 0. The number of pyridine rings is 1. The lowest BCUT2D eigenvalue weighted by Gasteiger charge is -2.12. The minimum atomic E-state index is 0.508. The molecule has 2 aromatic heterocycles. The lowest BCUT2D eigenvalue weighted by Crippen LogP contribution is -2.22. The molecule has 0 aromatic carbocycles. The Morgan fingerprint density at radius 1 is 1.41 bits per heavy atom. The number of nitrogens with zero attached hydrogens (tertiary/aromatic N) is 4. The van der Waals surface area contributed by atoms with Crippen LogP contribution in [0.3, 0.4) is 0 Å². The van der Waals surface area contributed by atoms with E-state index >= 15 is 0 Å². The first-order valence-electron chi connectivity index (χ1n) is 5.70. The normalized spacial score (nSPS) is 19.4. The molecule has 0 bridgehead atoms. The maximum atomic E-state index is 4.34. The molecule has 88 valence electrons. The zero-order valence-electron chi connectivity index (χ0n) is 9.37. The van der Waals surface area contributed by atoms with Gasteiger partial charge in [-0.25, -0.2) is 14.6 Å². The first kappa shape index (κ1) is 10.2. The van der Waals surface area contributed by atoms with Gasteiger partial charge < -0.3 is 10.6 Å².